The van der Waals surface area contributed by atoms with Crippen LogP contribution < -0.4 is 9.47 Å². The molecule has 180 valence electrons. The van der Waals surface area contributed by atoms with Gasteiger partial charge in [0.2, 0.25) is 0 Å². The van der Waals surface area contributed by atoms with Gasteiger partial charge in [0.15, 0.2) is 0 Å². The number of carbonyl (C=O) groups excluding carboxylic acids is 2. The third-order valence-corrected chi connectivity index (χ3v) is 6.30. The highest BCUT2D eigenvalue weighted by Crippen LogP contribution is 2.42. The summed E-state index contributed by atoms with van der Waals surface area (Å²) < 4.78 is 11.1. The minimum absolute atomic E-state index is 0.0720. The molecular formula is C29H29NO5. The number of ether oxygens (including phenoxy) is 2. The van der Waals surface area contributed by atoms with Crippen molar-refractivity contribution in [3.05, 3.63) is 100 Å². The van der Waals surface area contributed by atoms with E-state index in [1.807, 2.05) is 69.3 Å². The highest BCUT2D eigenvalue weighted by molar-refractivity contribution is 6.46. The van der Waals surface area contributed by atoms with Crippen LogP contribution in [-0.2, 0) is 16.1 Å². The topological polar surface area (TPSA) is 76.1 Å². The monoisotopic (exact) mass is 471 g/mol. The van der Waals surface area contributed by atoms with Gasteiger partial charge in [-0.15, -0.1) is 0 Å². The normalized spacial score (nSPS) is 17.0. The summed E-state index contributed by atoms with van der Waals surface area (Å²) in [5.41, 5.74) is 3.82. The fourth-order valence-electron chi connectivity index (χ4n) is 4.55. The van der Waals surface area contributed by atoms with Gasteiger partial charge < -0.3 is 19.5 Å². The highest BCUT2D eigenvalue weighted by atomic mass is 16.5. The summed E-state index contributed by atoms with van der Waals surface area (Å²) >= 11 is 0. The number of hydrogen-bond donors (Lipinski definition) is 1. The second kappa shape index (κ2) is 10.1. The third-order valence-electron chi connectivity index (χ3n) is 6.30. The lowest BCUT2D eigenvalue weighted by Crippen LogP contribution is -2.29. The van der Waals surface area contributed by atoms with E-state index in [1.54, 1.807) is 25.3 Å². The number of carbonyl (C=O) groups is 2. The molecule has 0 aromatic heterocycles. The summed E-state index contributed by atoms with van der Waals surface area (Å²) in [6.45, 7) is 6.39. The van der Waals surface area contributed by atoms with Crippen LogP contribution in [0.3, 0.4) is 0 Å². The molecule has 3 aromatic carbocycles. The lowest BCUT2D eigenvalue weighted by Gasteiger charge is -2.27. The van der Waals surface area contributed by atoms with Crippen LogP contribution in [-0.4, -0.2) is 35.4 Å². The van der Waals surface area contributed by atoms with Crippen molar-refractivity contribution >= 4 is 17.4 Å². The van der Waals surface area contributed by atoms with Crippen LogP contribution in [0.5, 0.6) is 11.5 Å². The third kappa shape index (κ3) is 4.52. The molecule has 1 saturated heterocycles. The summed E-state index contributed by atoms with van der Waals surface area (Å²) in [4.78, 5) is 28.2. The largest absolute Gasteiger partial charge is 0.507 e. The van der Waals surface area contributed by atoms with Crippen molar-refractivity contribution in [3.8, 4) is 11.5 Å². The van der Waals surface area contributed by atoms with Crippen LogP contribution in [0.4, 0.5) is 0 Å². The van der Waals surface area contributed by atoms with E-state index in [9.17, 15) is 14.7 Å². The molecule has 0 aliphatic carbocycles. The lowest BCUT2D eigenvalue weighted by molar-refractivity contribution is -0.140. The van der Waals surface area contributed by atoms with Crippen LogP contribution in [0.15, 0.2) is 72.3 Å². The SMILES string of the molecule is CCOc1ccc(/C(O)=C2\C(=O)C(=O)N(Cc3ccccc3OC)C2c2ccccc2C)cc1C. The van der Waals surface area contributed by atoms with Crippen LogP contribution in [0, 0.1) is 13.8 Å². The molecular weight excluding hydrogens is 442 g/mol. The number of benzene rings is 3. The van der Waals surface area contributed by atoms with Gasteiger partial charge in [0.25, 0.3) is 11.7 Å². The van der Waals surface area contributed by atoms with Crippen molar-refractivity contribution in [1.82, 2.24) is 4.90 Å². The Labute approximate surface area is 205 Å². The first-order chi connectivity index (χ1) is 16.9. The van der Waals surface area contributed by atoms with Crippen molar-refractivity contribution < 1.29 is 24.2 Å². The maximum absolute atomic E-state index is 13.4. The van der Waals surface area contributed by atoms with Gasteiger partial charge in [-0.05, 0) is 61.7 Å². The molecule has 0 radical (unpaired) electrons. The predicted molar refractivity (Wildman–Crippen MR) is 134 cm³/mol. The number of hydrogen-bond acceptors (Lipinski definition) is 5. The van der Waals surface area contributed by atoms with Crippen LogP contribution >= 0.6 is 0 Å². The smallest absolute Gasteiger partial charge is 0.295 e. The van der Waals surface area contributed by atoms with Gasteiger partial charge in [0.1, 0.15) is 17.3 Å². The van der Waals surface area contributed by atoms with E-state index in [4.69, 9.17) is 9.47 Å². The Morgan fingerprint density at radius 1 is 0.943 bits per heavy atom. The zero-order valence-electron chi connectivity index (χ0n) is 20.4. The maximum atomic E-state index is 13.4. The summed E-state index contributed by atoms with van der Waals surface area (Å²) in [5, 5.41) is 11.4. The van der Waals surface area contributed by atoms with Crippen molar-refractivity contribution in [1.29, 1.82) is 0 Å². The number of aliphatic hydroxyl groups is 1. The molecule has 6 nitrogen and oxygen atoms in total. The lowest BCUT2D eigenvalue weighted by atomic mass is 9.92. The van der Waals surface area contributed by atoms with E-state index in [0.717, 1.165) is 22.3 Å². The van der Waals surface area contributed by atoms with Gasteiger partial charge in [0.05, 0.1) is 31.9 Å². The molecule has 1 fully saturated rings. The number of amides is 1. The first-order valence-electron chi connectivity index (χ1n) is 11.6. The molecule has 0 spiro atoms. The number of aryl methyl sites for hydroxylation is 2. The fourth-order valence-corrected chi connectivity index (χ4v) is 4.55. The van der Waals surface area contributed by atoms with Gasteiger partial charge in [-0.25, -0.2) is 0 Å². The van der Waals surface area contributed by atoms with E-state index < -0.39 is 17.7 Å². The van der Waals surface area contributed by atoms with Gasteiger partial charge in [-0.2, -0.15) is 0 Å². The van der Waals surface area contributed by atoms with E-state index in [1.165, 1.54) is 4.90 Å². The summed E-state index contributed by atoms with van der Waals surface area (Å²) in [6, 6.07) is 19.5. The maximum Gasteiger partial charge on any atom is 0.295 e. The first kappa shape index (κ1) is 24.1. The van der Waals surface area contributed by atoms with Crippen LogP contribution in [0.1, 0.15) is 40.8 Å². The first-order valence-corrected chi connectivity index (χ1v) is 11.6. The molecule has 0 bridgehead atoms. The predicted octanol–water partition coefficient (Wildman–Crippen LogP) is 5.33. The number of Topliss-reactive ketones (excluding diaryl/α,β-unsaturated/α-hetero) is 1. The number of methoxy groups -OCH3 is 1. The van der Waals surface area contributed by atoms with E-state index in [-0.39, 0.29) is 17.9 Å². The minimum atomic E-state index is -0.743. The summed E-state index contributed by atoms with van der Waals surface area (Å²) in [5.74, 6) is -0.243. The Balaban J connectivity index is 1.87. The fraction of sp³-hybridized carbons (Fsp3) is 0.241. The molecule has 4 rings (SSSR count). The Morgan fingerprint density at radius 3 is 2.34 bits per heavy atom. The average molecular weight is 472 g/mol. The number of para-hydroxylation sites is 1. The van der Waals surface area contributed by atoms with Gasteiger partial charge in [0, 0.05) is 11.1 Å². The molecule has 35 heavy (non-hydrogen) atoms. The Kier molecular flexibility index (Phi) is 6.92. The molecule has 1 N–H and O–H groups in total. The van der Waals surface area contributed by atoms with Crippen molar-refractivity contribution in [2.75, 3.05) is 13.7 Å². The van der Waals surface area contributed by atoms with Crippen LogP contribution in [0.2, 0.25) is 0 Å². The highest BCUT2D eigenvalue weighted by Gasteiger charge is 2.46. The average Bonchev–Trinajstić information content (AvgIpc) is 3.10. The van der Waals surface area contributed by atoms with E-state index in [0.29, 0.717) is 23.7 Å². The zero-order chi connectivity index (χ0) is 25.1. The molecule has 0 saturated carbocycles. The van der Waals surface area contributed by atoms with Gasteiger partial charge >= 0.3 is 0 Å². The quantitative estimate of drug-likeness (QED) is 0.286. The van der Waals surface area contributed by atoms with Crippen LogP contribution in [0.25, 0.3) is 5.76 Å². The van der Waals surface area contributed by atoms with Crippen molar-refractivity contribution in [2.24, 2.45) is 0 Å². The molecule has 1 heterocycles. The molecule has 1 amide bonds. The van der Waals surface area contributed by atoms with Crippen molar-refractivity contribution in [3.63, 3.8) is 0 Å². The molecule has 3 aromatic rings. The number of likely N-dealkylation sites (tertiary alicyclic amines) is 1. The number of ketones is 1. The standard InChI is InChI=1S/C29H29NO5/c1-5-35-23-15-14-20(16-19(23)3)27(31)25-26(22-12-8-6-10-18(22)2)30(29(33)28(25)32)17-21-11-7-9-13-24(21)34-4/h6-16,26,31H,5,17H2,1-4H3/b27-25+. The van der Waals surface area contributed by atoms with Gasteiger partial charge in [-0.3, -0.25) is 9.59 Å². The molecule has 1 atom stereocenters. The second-order valence-corrected chi connectivity index (χ2v) is 8.51. The Hall–Kier alpha value is -4.06. The minimum Gasteiger partial charge on any atom is -0.507 e. The molecule has 6 heteroatoms. The summed E-state index contributed by atoms with van der Waals surface area (Å²) in [7, 11) is 1.57. The summed E-state index contributed by atoms with van der Waals surface area (Å²) in [6.07, 6.45) is 0. The number of nitrogens with zero attached hydrogens (tertiary/aromatic N) is 1. The van der Waals surface area contributed by atoms with E-state index in [2.05, 4.69) is 0 Å². The van der Waals surface area contributed by atoms with E-state index >= 15 is 0 Å². The second-order valence-electron chi connectivity index (χ2n) is 8.51. The zero-order valence-corrected chi connectivity index (χ0v) is 20.4. The Bertz CT molecular complexity index is 1310. The number of aliphatic hydroxyl groups excluding tert-OH is 1. The molecule has 1 unspecified atom stereocenters. The molecule has 1 aliphatic rings. The Morgan fingerprint density at radius 2 is 1.66 bits per heavy atom. The number of rotatable bonds is 7. The van der Waals surface area contributed by atoms with Gasteiger partial charge in [-0.1, -0.05) is 42.5 Å². The van der Waals surface area contributed by atoms with Crippen molar-refractivity contribution in [2.45, 2.75) is 33.4 Å². The molecule has 1 aliphatic heterocycles.